The van der Waals surface area contributed by atoms with Crippen LogP contribution in [0, 0.1) is 6.92 Å². The maximum Gasteiger partial charge on any atom is 0.181 e. The van der Waals surface area contributed by atoms with Crippen LogP contribution in [0.2, 0.25) is 0 Å². The molecule has 0 amide bonds. The molecule has 1 rings (SSSR count). The SMILES string of the molecule is CCCCCCCC/C=C\CS(=O)(=O)c1ccc(C)cc1. The first-order valence-corrected chi connectivity index (χ1v) is 9.66. The molecule has 0 aliphatic heterocycles. The smallest absolute Gasteiger partial charge is 0.181 e. The maximum atomic E-state index is 12.1. The summed E-state index contributed by atoms with van der Waals surface area (Å²) in [6.45, 7) is 4.17. The molecule has 0 fully saturated rings. The minimum absolute atomic E-state index is 0.103. The molecule has 0 aromatic heterocycles. The lowest BCUT2D eigenvalue weighted by molar-refractivity contribution is 0.598. The summed E-state index contributed by atoms with van der Waals surface area (Å²) in [6, 6.07) is 7.05. The lowest BCUT2D eigenvalue weighted by Gasteiger charge is -2.02. The second kappa shape index (κ2) is 9.78. The van der Waals surface area contributed by atoms with Gasteiger partial charge in [-0.3, -0.25) is 0 Å². The Kier molecular flexibility index (Phi) is 8.36. The standard InChI is InChI=1S/C18H28O2S/c1-3-4-5-6-7-8-9-10-11-16-21(19,20)18-14-12-17(2)13-15-18/h10-15H,3-9,16H2,1-2H3/b11-10-. The molecule has 21 heavy (non-hydrogen) atoms. The second-order valence-corrected chi connectivity index (χ2v) is 7.66. The van der Waals surface area contributed by atoms with E-state index in [1.165, 1.54) is 32.1 Å². The summed E-state index contributed by atoms with van der Waals surface area (Å²) in [6.07, 6.45) is 12.4. The molecular formula is C18H28O2S. The van der Waals surface area contributed by atoms with E-state index in [9.17, 15) is 8.42 Å². The minimum atomic E-state index is -3.17. The summed E-state index contributed by atoms with van der Waals surface area (Å²) in [7, 11) is -3.17. The van der Waals surface area contributed by atoms with Crippen molar-refractivity contribution in [3.8, 4) is 0 Å². The van der Waals surface area contributed by atoms with Crippen molar-refractivity contribution in [2.75, 3.05) is 5.75 Å². The predicted molar refractivity (Wildman–Crippen MR) is 90.4 cm³/mol. The lowest BCUT2D eigenvalue weighted by Crippen LogP contribution is -2.04. The average Bonchev–Trinajstić information content (AvgIpc) is 2.46. The number of sulfone groups is 1. The molecule has 0 bridgehead atoms. The molecule has 0 unspecified atom stereocenters. The largest absolute Gasteiger partial charge is 0.223 e. The molecule has 1 aromatic rings. The van der Waals surface area contributed by atoms with Gasteiger partial charge in [-0.1, -0.05) is 68.9 Å². The minimum Gasteiger partial charge on any atom is -0.223 e. The number of benzene rings is 1. The van der Waals surface area contributed by atoms with Crippen LogP contribution in [0.1, 0.15) is 57.4 Å². The van der Waals surface area contributed by atoms with E-state index in [1.807, 2.05) is 25.1 Å². The highest BCUT2D eigenvalue weighted by molar-refractivity contribution is 7.91. The predicted octanol–water partition coefficient (Wildman–Crippen LogP) is 5.08. The van der Waals surface area contributed by atoms with Gasteiger partial charge in [-0.15, -0.1) is 0 Å². The van der Waals surface area contributed by atoms with Crippen LogP contribution >= 0.6 is 0 Å². The zero-order valence-electron chi connectivity index (χ0n) is 13.3. The van der Waals surface area contributed by atoms with Crippen molar-refractivity contribution in [1.82, 2.24) is 0 Å². The fourth-order valence-corrected chi connectivity index (χ4v) is 3.33. The quantitative estimate of drug-likeness (QED) is 0.446. The molecule has 0 saturated heterocycles. The highest BCUT2D eigenvalue weighted by Crippen LogP contribution is 2.13. The molecule has 2 nitrogen and oxygen atoms in total. The van der Waals surface area contributed by atoms with E-state index in [0.717, 1.165) is 18.4 Å². The summed E-state index contributed by atoms with van der Waals surface area (Å²) >= 11 is 0. The number of aryl methyl sites for hydroxylation is 1. The van der Waals surface area contributed by atoms with Gasteiger partial charge in [-0.25, -0.2) is 8.42 Å². The van der Waals surface area contributed by atoms with Gasteiger partial charge < -0.3 is 0 Å². The molecule has 0 aliphatic carbocycles. The third kappa shape index (κ3) is 7.47. The molecular weight excluding hydrogens is 280 g/mol. The van der Waals surface area contributed by atoms with Gasteiger partial charge >= 0.3 is 0 Å². The normalized spacial score (nSPS) is 12.1. The van der Waals surface area contributed by atoms with Crippen molar-refractivity contribution in [1.29, 1.82) is 0 Å². The van der Waals surface area contributed by atoms with Crippen molar-refractivity contribution in [2.45, 2.75) is 63.7 Å². The van der Waals surface area contributed by atoms with Crippen LogP contribution in [0.15, 0.2) is 41.3 Å². The second-order valence-electron chi connectivity index (χ2n) is 5.62. The molecule has 0 heterocycles. The van der Waals surface area contributed by atoms with E-state index in [2.05, 4.69) is 6.92 Å². The third-order valence-electron chi connectivity index (χ3n) is 3.59. The van der Waals surface area contributed by atoms with Crippen LogP contribution in [0.5, 0.6) is 0 Å². The third-order valence-corrected chi connectivity index (χ3v) is 5.21. The van der Waals surface area contributed by atoms with Gasteiger partial charge in [-0.05, 0) is 31.9 Å². The average molecular weight is 308 g/mol. The van der Waals surface area contributed by atoms with Crippen LogP contribution < -0.4 is 0 Å². The topological polar surface area (TPSA) is 34.1 Å². The van der Waals surface area contributed by atoms with Crippen LogP contribution in [0.4, 0.5) is 0 Å². The Morgan fingerprint density at radius 2 is 1.52 bits per heavy atom. The zero-order chi connectivity index (χ0) is 15.6. The number of hydrogen-bond donors (Lipinski definition) is 0. The first-order chi connectivity index (χ1) is 10.1. The summed E-state index contributed by atoms with van der Waals surface area (Å²) in [4.78, 5) is 0.414. The molecule has 118 valence electrons. The Balaban J connectivity index is 2.27. The fourth-order valence-electron chi connectivity index (χ4n) is 2.20. The van der Waals surface area contributed by atoms with Gasteiger partial charge in [0, 0.05) is 0 Å². The number of allylic oxidation sites excluding steroid dienone is 1. The molecule has 0 spiro atoms. The van der Waals surface area contributed by atoms with Gasteiger partial charge in [0.25, 0.3) is 0 Å². The molecule has 3 heteroatoms. The Morgan fingerprint density at radius 1 is 0.905 bits per heavy atom. The first kappa shape index (κ1) is 18.0. The van der Waals surface area contributed by atoms with Crippen molar-refractivity contribution >= 4 is 9.84 Å². The van der Waals surface area contributed by atoms with Crippen molar-refractivity contribution < 1.29 is 8.42 Å². The first-order valence-electron chi connectivity index (χ1n) is 8.00. The molecule has 0 saturated carbocycles. The molecule has 0 aliphatic rings. The highest BCUT2D eigenvalue weighted by atomic mass is 32.2. The van der Waals surface area contributed by atoms with E-state index >= 15 is 0 Å². The summed E-state index contributed by atoms with van der Waals surface area (Å²) in [5.74, 6) is 0.103. The van der Waals surface area contributed by atoms with E-state index < -0.39 is 9.84 Å². The van der Waals surface area contributed by atoms with Crippen LogP contribution in [-0.4, -0.2) is 14.2 Å². The molecule has 0 atom stereocenters. The zero-order valence-corrected chi connectivity index (χ0v) is 14.2. The van der Waals surface area contributed by atoms with Crippen LogP contribution in [0.25, 0.3) is 0 Å². The summed E-state index contributed by atoms with van der Waals surface area (Å²) in [5.41, 5.74) is 1.08. The number of rotatable bonds is 10. The van der Waals surface area contributed by atoms with Crippen LogP contribution in [0.3, 0.4) is 0 Å². The van der Waals surface area contributed by atoms with Crippen LogP contribution in [-0.2, 0) is 9.84 Å². The van der Waals surface area contributed by atoms with Gasteiger partial charge in [0.2, 0.25) is 0 Å². The number of hydrogen-bond acceptors (Lipinski definition) is 2. The monoisotopic (exact) mass is 308 g/mol. The van der Waals surface area contributed by atoms with Gasteiger partial charge in [-0.2, -0.15) is 0 Å². The van der Waals surface area contributed by atoms with E-state index in [0.29, 0.717) is 4.90 Å². The Labute approximate surface area is 130 Å². The van der Waals surface area contributed by atoms with E-state index in [4.69, 9.17) is 0 Å². The fraction of sp³-hybridized carbons (Fsp3) is 0.556. The highest BCUT2D eigenvalue weighted by Gasteiger charge is 2.11. The van der Waals surface area contributed by atoms with Crippen molar-refractivity contribution in [3.63, 3.8) is 0 Å². The van der Waals surface area contributed by atoms with Crippen molar-refractivity contribution in [2.24, 2.45) is 0 Å². The number of unbranched alkanes of at least 4 members (excludes halogenated alkanes) is 6. The Bertz CT molecular complexity index is 513. The van der Waals surface area contributed by atoms with E-state index in [1.54, 1.807) is 18.2 Å². The maximum absolute atomic E-state index is 12.1. The lowest BCUT2D eigenvalue weighted by atomic mass is 10.1. The van der Waals surface area contributed by atoms with Crippen molar-refractivity contribution in [3.05, 3.63) is 42.0 Å². The summed E-state index contributed by atoms with van der Waals surface area (Å²) < 4.78 is 24.2. The van der Waals surface area contributed by atoms with Gasteiger partial charge in [0.05, 0.1) is 10.6 Å². The Hall–Kier alpha value is -1.09. The van der Waals surface area contributed by atoms with E-state index in [-0.39, 0.29) is 5.75 Å². The molecule has 0 N–H and O–H groups in total. The Morgan fingerprint density at radius 3 is 2.19 bits per heavy atom. The molecule has 1 aromatic carbocycles. The summed E-state index contributed by atoms with van der Waals surface area (Å²) in [5, 5.41) is 0. The van der Waals surface area contributed by atoms with Gasteiger partial charge in [0.15, 0.2) is 9.84 Å². The van der Waals surface area contributed by atoms with Gasteiger partial charge in [0.1, 0.15) is 0 Å². The molecule has 0 radical (unpaired) electrons.